The summed E-state index contributed by atoms with van der Waals surface area (Å²) in [6.45, 7) is 5.95. The van der Waals surface area contributed by atoms with E-state index < -0.39 is 21.8 Å². The SMILES string of the molecule is CC(C)(C)CCC(=O)NC(CCS(C)(=O)=O)C(=O)O. The average molecular weight is 293 g/mol. The molecule has 1 amide bonds. The molecule has 0 aromatic rings. The summed E-state index contributed by atoms with van der Waals surface area (Å²) in [5.41, 5.74) is -0.0111. The Kier molecular flexibility index (Phi) is 6.48. The zero-order chi connectivity index (χ0) is 15.3. The van der Waals surface area contributed by atoms with Gasteiger partial charge >= 0.3 is 5.97 Å². The van der Waals surface area contributed by atoms with Crippen molar-refractivity contribution in [3.05, 3.63) is 0 Å². The average Bonchev–Trinajstić information content (AvgIpc) is 2.18. The topological polar surface area (TPSA) is 101 Å². The molecule has 0 aliphatic heterocycles. The largest absolute Gasteiger partial charge is 0.480 e. The van der Waals surface area contributed by atoms with Gasteiger partial charge in [-0.05, 0) is 18.3 Å². The standard InChI is InChI=1S/C12H23NO5S/c1-12(2,3)7-5-10(14)13-9(11(15)16)6-8-19(4,17)18/h9H,5-8H2,1-4H3,(H,13,14)(H,15,16). The van der Waals surface area contributed by atoms with E-state index in [1.807, 2.05) is 20.8 Å². The van der Waals surface area contributed by atoms with Crippen LogP contribution >= 0.6 is 0 Å². The van der Waals surface area contributed by atoms with Crippen LogP contribution in [0.25, 0.3) is 0 Å². The van der Waals surface area contributed by atoms with E-state index in [0.717, 1.165) is 6.26 Å². The van der Waals surface area contributed by atoms with Gasteiger partial charge in [0, 0.05) is 12.7 Å². The number of carbonyl (C=O) groups is 2. The second-order valence-corrected chi connectivity index (χ2v) is 8.20. The van der Waals surface area contributed by atoms with E-state index in [-0.39, 0.29) is 29.9 Å². The van der Waals surface area contributed by atoms with Crippen LogP contribution in [0.2, 0.25) is 0 Å². The summed E-state index contributed by atoms with van der Waals surface area (Å²) in [7, 11) is -3.24. The van der Waals surface area contributed by atoms with Crippen molar-refractivity contribution in [3.8, 4) is 0 Å². The third-order valence-electron chi connectivity index (χ3n) is 2.51. The van der Waals surface area contributed by atoms with Crippen LogP contribution in [0.15, 0.2) is 0 Å². The van der Waals surface area contributed by atoms with Crippen molar-refractivity contribution in [1.29, 1.82) is 0 Å². The molecule has 1 atom stereocenters. The highest BCUT2D eigenvalue weighted by Gasteiger charge is 2.22. The molecule has 1 unspecified atom stereocenters. The molecule has 0 heterocycles. The van der Waals surface area contributed by atoms with E-state index in [9.17, 15) is 18.0 Å². The molecule has 19 heavy (non-hydrogen) atoms. The van der Waals surface area contributed by atoms with Crippen molar-refractivity contribution in [2.45, 2.75) is 46.1 Å². The van der Waals surface area contributed by atoms with Crippen molar-refractivity contribution in [3.63, 3.8) is 0 Å². The van der Waals surface area contributed by atoms with Crippen LogP contribution in [0.1, 0.15) is 40.0 Å². The Bertz CT molecular complexity index is 422. The van der Waals surface area contributed by atoms with E-state index in [0.29, 0.717) is 6.42 Å². The molecule has 0 aromatic heterocycles. The Hall–Kier alpha value is -1.11. The van der Waals surface area contributed by atoms with Gasteiger partial charge in [0.15, 0.2) is 0 Å². The van der Waals surface area contributed by atoms with E-state index >= 15 is 0 Å². The molecule has 2 N–H and O–H groups in total. The van der Waals surface area contributed by atoms with Gasteiger partial charge in [0.2, 0.25) is 5.91 Å². The third kappa shape index (κ3) is 10.5. The summed E-state index contributed by atoms with van der Waals surface area (Å²) in [4.78, 5) is 22.5. The minimum atomic E-state index is -3.24. The Balaban J connectivity index is 4.35. The van der Waals surface area contributed by atoms with Crippen molar-refractivity contribution in [2.24, 2.45) is 5.41 Å². The Morgan fingerprint density at radius 2 is 1.79 bits per heavy atom. The molecule has 0 aromatic carbocycles. The maximum atomic E-state index is 11.6. The molecule has 0 bridgehead atoms. The van der Waals surface area contributed by atoms with Gasteiger partial charge in [-0.25, -0.2) is 13.2 Å². The van der Waals surface area contributed by atoms with Crippen LogP contribution in [0.5, 0.6) is 0 Å². The van der Waals surface area contributed by atoms with Gasteiger partial charge in [-0.2, -0.15) is 0 Å². The first-order chi connectivity index (χ1) is 8.41. The quantitative estimate of drug-likeness (QED) is 0.723. The highest BCUT2D eigenvalue weighted by molar-refractivity contribution is 7.90. The number of nitrogens with one attached hydrogen (secondary N) is 1. The summed E-state index contributed by atoms with van der Waals surface area (Å²) in [5.74, 6) is -1.84. The lowest BCUT2D eigenvalue weighted by atomic mass is 9.90. The Morgan fingerprint density at radius 1 is 1.26 bits per heavy atom. The summed E-state index contributed by atoms with van der Waals surface area (Å²) < 4.78 is 22.0. The van der Waals surface area contributed by atoms with Gasteiger partial charge < -0.3 is 10.4 Å². The third-order valence-corrected chi connectivity index (χ3v) is 3.49. The van der Waals surface area contributed by atoms with Crippen LogP contribution < -0.4 is 5.32 Å². The van der Waals surface area contributed by atoms with Crippen LogP contribution in [0.3, 0.4) is 0 Å². The van der Waals surface area contributed by atoms with E-state index in [2.05, 4.69) is 5.32 Å². The summed E-state index contributed by atoms with van der Waals surface area (Å²) >= 11 is 0. The molecule has 0 aliphatic carbocycles. The van der Waals surface area contributed by atoms with Crippen molar-refractivity contribution < 1.29 is 23.1 Å². The number of carboxylic acids is 1. The minimum Gasteiger partial charge on any atom is -0.480 e. The second-order valence-electron chi connectivity index (χ2n) is 5.94. The summed E-state index contributed by atoms with van der Waals surface area (Å²) in [6.07, 6.45) is 1.78. The Morgan fingerprint density at radius 3 is 2.16 bits per heavy atom. The molecule has 112 valence electrons. The number of hydrogen-bond acceptors (Lipinski definition) is 4. The number of sulfone groups is 1. The fourth-order valence-electron chi connectivity index (χ4n) is 1.34. The zero-order valence-corrected chi connectivity index (χ0v) is 12.7. The lowest BCUT2D eigenvalue weighted by Crippen LogP contribution is -2.42. The van der Waals surface area contributed by atoms with Crippen LogP contribution in [-0.2, 0) is 19.4 Å². The molecule has 6 nitrogen and oxygen atoms in total. The maximum Gasteiger partial charge on any atom is 0.326 e. The summed E-state index contributed by atoms with van der Waals surface area (Å²) in [6, 6.07) is -1.15. The summed E-state index contributed by atoms with van der Waals surface area (Å²) in [5, 5.41) is 11.3. The fourth-order valence-corrected chi connectivity index (χ4v) is 2.01. The smallest absolute Gasteiger partial charge is 0.326 e. The number of hydrogen-bond donors (Lipinski definition) is 2. The van der Waals surface area contributed by atoms with E-state index in [1.54, 1.807) is 0 Å². The van der Waals surface area contributed by atoms with Gasteiger partial charge in [-0.15, -0.1) is 0 Å². The first-order valence-corrected chi connectivity index (χ1v) is 8.17. The number of rotatable bonds is 7. The van der Waals surface area contributed by atoms with Crippen molar-refractivity contribution >= 4 is 21.7 Å². The molecule has 0 aliphatic rings. The van der Waals surface area contributed by atoms with Gasteiger partial charge in [0.25, 0.3) is 0 Å². The van der Waals surface area contributed by atoms with Gasteiger partial charge in [0.05, 0.1) is 5.75 Å². The first-order valence-electron chi connectivity index (χ1n) is 6.10. The highest BCUT2D eigenvalue weighted by Crippen LogP contribution is 2.20. The normalized spacial score (nSPS) is 13.9. The molecule has 0 fully saturated rings. The molecular formula is C12H23NO5S. The van der Waals surface area contributed by atoms with Gasteiger partial charge in [-0.1, -0.05) is 20.8 Å². The predicted molar refractivity (Wildman–Crippen MR) is 72.6 cm³/mol. The molecular weight excluding hydrogens is 270 g/mol. The monoisotopic (exact) mass is 293 g/mol. The lowest BCUT2D eigenvalue weighted by molar-refractivity contribution is -0.141. The number of aliphatic carboxylic acids is 1. The number of amides is 1. The molecule has 0 rings (SSSR count). The number of carboxylic acid groups (broad SMARTS) is 1. The minimum absolute atomic E-state index is 0.0111. The molecule has 7 heteroatoms. The maximum absolute atomic E-state index is 11.6. The molecule has 0 spiro atoms. The van der Waals surface area contributed by atoms with Gasteiger partial charge in [-0.3, -0.25) is 4.79 Å². The lowest BCUT2D eigenvalue weighted by Gasteiger charge is -2.19. The van der Waals surface area contributed by atoms with Crippen molar-refractivity contribution in [1.82, 2.24) is 5.32 Å². The zero-order valence-electron chi connectivity index (χ0n) is 11.9. The van der Waals surface area contributed by atoms with Crippen LogP contribution in [-0.4, -0.2) is 43.5 Å². The van der Waals surface area contributed by atoms with E-state index in [4.69, 9.17) is 5.11 Å². The molecule has 0 saturated heterocycles. The Labute approximate surface area is 114 Å². The molecule has 0 radical (unpaired) electrons. The van der Waals surface area contributed by atoms with Crippen LogP contribution in [0.4, 0.5) is 0 Å². The molecule has 0 saturated carbocycles. The first kappa shape index (κ1) is 17.9. The predicted octanol–water partition coefficient (Wildman–Crippen LogP) is 0.817. The number of carbonyl (C=O) groups excluding carboxylic acids is 1. The highest BCUT2D eigenvalue weighted by atomic mass is 32.2. The van der Waals surface area contributed by atoms with Crippen LogP contribution in [0, 0.1) is 5.41 Å². The second kappa shape index (κ2) is 6.88. The van der Waals surface area contributed by atoms with Crippen molar-refractivity contribution in [2.75, 3.05) is 12.0 Å². The fraction of sp³-hybridized carbons (Fsp3) is 0.833. The van der Waals surface area contributed by atoms with Gasteiger partial charge in [0.1, 0.15) is 15.9 Å². The van der Waals surface area contributed by atoms with E-state index in [1.165, 1.54) is 0 Å².